The van der Waals surface area contributed by atoms with Crippen LogP contribution >= 0.6 is 0 Å². The summed E-state index contributed by atoms with van der Waals surface area (Å²) in [7, 11) is 0. The van der Waals surface area contributed by atoms with Crippen LogP contribution < -0.4 is 10.6 Å². The van der Waals surface area contributed by atoms with Crippen LogP contribution in [-0.2, 0) is 4.79 Å². The molecule has 1 aliphatic rings. The number of rotatable bonds is 3. The third-order valence-corrected chi connectivity index (χ3v) is 4.50. The number of allylic oxidation sites excluding steroid dienone is 1. The van der Waals surface area contributed by atoms with E-state index in [1.165, 1.54) is 6.33 Å². The Kier molecular flexibility index (Phi) is 4.12. The van der Waals surface area contributed by atoms with Crippen LogP contribution in [-0.4, -0.2) is 25.8 Å². The van der Waals surface area contributed by atoms with Gasteiger partial charge in [0.25, 0.3) is 5.91 Å². The molecular weight excluding hydrogens is 342 g/mol. The first-order valence-electron chi connectivity index (χ1n) is 8.57. The summed E-state index contributed by atoms with van der Waals surface area (Å²) in [4.78, 5) is 17.4. The van der Waals surface area contributed by atoms with Gasteiger partial charge < -0.3 is 15.7 Å². The number of benzene rings is 2. The van der Waals surface area contributed by atoms with Crippen molar-refractivity contribution in [1.29, 1.82) is 0 Å². The van der Waals surface area contributed by atoms with Crippen LogP contribution in [0.2, 0.25) is 0 Å². The molecule has 3 aromatic rings. The molecule has 27 heavy (non-hydrogen) atoms. The third kappa shape index (κ3) is 3.15. The normalized spacial score (nSPS) is 15.9. The molecule has 0 radical (unpaired) electrons. The summed E-state index contributed by atoms with van der Waals surface area (Å²) in [6.07, 6.45) is 1.44. The molecule has 136 valence electrons. The van der Waals surface area contributed by atoms with Crippen molar-refractivity contribution < 1.29 is 9.90 Å². The van der Waals surface area contributed by atoms with Crippen LogP contribution in [0, 0.1) is 6.92 Å². The minimum absolute atomic E-state index is 0.129. The summed E-state index contributed by atoms with van der Waals surface area (Å²) in [5.41, 5.74) is 3.73. The minimum Gasteiger partial charge on any atom is -0.508 e. The largest absolute Gasteiger partial charge is 0.508 e. The van der Waals surface area contributed by atoms with Gasteiger partial charge in [0, 0.05) is 11.4 Å². The number of carbonyl (C=O) groups is 1. The van der Waals surface area contributed by atoms with E-state index >= 15 is 0 Å². The smallest absolute Gasteiger partial charge is 0.255 e. The Morgan fingerprint density at radius 2 is 2.00 bits per heavy atom. The summed E-state index contributed by atoms with van der Waals surface area (Å²) >= 11 is 0. The van der Waals surface area contributed by atoms with Crippen molar-refractivity contribution in [3.63, 3.8) is 0 Å². The van der Waals surface area contributed by atoms with E-state index in [0.717, 1.165) is 16.8 Å². The Bertz CT molecular complexity index is 1050. The predicted octanol–water partition coefficient (Wildman–Crippen LogP) is 3.22. The molecule has 1 aliphatic heterocycles. The number of carbonyl (C=O) groups excluding carboxylic acids is 1. The number of nitrogens with zero attached hydrogens (tertiary/aromatic N) is 3. The fourth-order valence-corrected chi connectivity index (χ4v) is 3.31. The molecule has 2 heterocycles. The van der Waals surface area contributed by atoms with Gasteiger partial charge in [0.15, 0.2) is 0 Å². The predicted molar refractivity (Wildman–Crippen MR) is 102 cm³/mol. The van der Waals surface area contributed by atoms with E-state index in [0.29, 0.717) is 17.2 Å². The first kappa shape index (κ1) is 16.8. The lowest BCUT2D eigenvalue weighted by Gasteiger charge is -2.28. The zero-order valence-electron chi connectivity index (χ0n) is 15.0. The van der Waals surface area contributed by atoms with Crippen molar-refractivity contribution in [3.8, 4) is 5.75 Å². The number of aromatic nitrogens is 3. The molecular formula is C20H19N5O2. The van der Waals surface area contributed by atoms with Gasteiger partial charge in [0.2, 0.25) is 5.95 Å². The maximum atomic E-state index is 13.2. The number of anilines is 2. The highest BCUT2D eigenvalue weighted by molar-refractivity contribution is 6.06. The molecule has 3 N–H and O–H groups in total. The van der Waals surface area contributed by atoms with Crippen LogP contribution in [0.3, 0.4) is 0 Å². The number of hydrogen-bond acceptors (Lipinski definition) is 5. The molecule has 0 bridgehead atoms. The van der Waals surface area contributed by atoms with E-state index < -0.39 is 6.04 Å². The highest BCUT2D eigenvalue weighted by Gasteiger charge is 2.33. The zero-order valence-corrected chi connectivity index (χ0v) is 15.0. The Morgan fingerprint density at radius 3 is 2.78 bits per heavy atom. The number of amides is 1. The SMILES string of the molecule is CC1=C(C(=O)Nc2cccc(C)c2)C(c2cccc(O)c2)n2ncnc2N1. The average molecular weight is 361 g/mol. The molecule has 4 rings (SSSR count). The molecule has 7 nitrogen and oxygen atoms in total. The van der Waals surface area contributed by atoms with E-state index in [4.69, 9.17) is 0 Å². The van der Waals surface area contributed by atoms with Crippen molar-refractivity contribution in [2.45, 2.75) is 19.9 Å². The lowest BCUT2D eigenvalue weighted by Crippen LogP contribution is -2.31. The molecule has 2 aromatic carbocycles. The number of aromatic hydroxyl groups is 1. The number of phenolic OH excluding ortho intramolecular Hbond substituents is 1. The lowest BCUT2D eigenvalue weighted by molar-refractivity contribution is -0.113. The monoisotopic (exact) mass is 361 g/mol. The summed E-state index contributed by atoms with van der Waals surface area (Å²) in [6, 6.07) is 14.0. The zero-order chi connectivity index (χ0) is 19.0. The first-order valence-corrected chi connectivity index (χ1v) is 8.57. The van der Waals surface area contributed by atoms with Gasteiger partial charge in [-0.15, -0.1) is 0 Å². The summed E-state index contributed by atoms with van der Waals surface area (Å²) in [6.45, 7) is 3.80. The maximum absolute atomic E-state index is 13.2. The topological polar surface area (TPSA) is 92.1 Å². The average Bonchev–Trinajstić information content (AvgIpc) is 3.08. The second-order valence-corrected chi connectivity index (χ2v) is 6.51. The quantitative estimate of drug-likeness (QED) is 0.666. The van der Waals surface area contributed by atoms with Gasteiger partial charge in [-0.2, -0.15) is 10.1 Å². The Balaban J connectivity index is 1.77. The van der Waals surface area contributed by atoms with Gasteiger partial charge >= 0.3 is 0 Å². The molecule has 1 aromatic heterocycles. The van der Waals surface area contributed by atoms with E-state index in [9.17, 15) is 9.90 Å². The third-order valence-electron chi connectivity index (χ3n) is 4.50. The molecule has 0 aliphatic carbocycles. The van der Waals surface area contributed by atoms with E-state index in [2.05, 4.69) is 20.7 Å². The van der Waals surface area contributed by atoms with E-state index in [1.807, 2.05) is 44.2 Å². The second kappa shape index (κ2) is 6.60. The van der Waals surface area contributed by atoms with Crippen LogP contribution in [0.5, 0.6) is 5.75 Å². The van der Waals surface area contributed by atoms with Crippen LogP contribution in [0.4, 0.5) is 11.6 Å². The van der Waals surface area contributed by atoms with Crippen LogP contribution in [0.1, 0.15) is 24.1 Å². The van der Waals surface area contributed by atoms with Crippen LogP contribution in [0.15, 0.2) is 66.1 Å². The fraction of sp³-hybridized carbons (Fsp3) is 0.150. The molecule has 0 saturated carbocycles. The number of hydrogen-bond donors (Lipinski definition) is 3. The van der Waals surface area contributed by atoms with Crippen molar-refractivity contribution in [3.05, 3.63) is 77.3 Å². The van der Waals surface area contributed by atoms with E-state index in [-0.39, 0.29) is 11.7 Å². The second-order valence-electron chi connectivity index (χ2n) is 6.51. The van der Waals surface area contributed by atoms with Gasteiger partial charge in [0.1, 0.15) is 18.1 Å². The molecule has 1 amide bonds. The summed E-state index contributed by atoms with van der Waals surface area (Å²) in [5.74, 6) is 0.442. The number of nitrogens with one attached hydrogen (secondary N) is 2. The van der Waals surface area contributed by atoms with Gasteiger partial charge in [-0.3, -0.25) is 4.79 Å². The van der Waals surface area contributed by atoms with Crippen molar-refractivity contribution in [2.75, 3.05) is 10.6 Å². The molecule has 0 saturated heterocycles. The van der Waals surface area contributed by atoms with Gasteiger partial charge in [-0.25, -0.2) is 4.68 Å². The Morgan fingerprint density at radius 1 is 1.19 bits per heavy atom. The highest BCUT2D eigenvalue weighted by Crippen LogP contribution is 2.36. The van der Waals surface area contributed by atoms with Crippen molar-refractivity contribution >= 4 is 17.5 Å². The van der Waals surface area contributed by atoms with Crippen LogP contribution in [0.25, 0.3) is 0 Å². The molecule has 7 heteroatoms. The summed E-state index contributed by atoms with van der Waals surface area (Å²) < 4.78 is 1.65. The Labute approximate surface area is 156 Å². The Hall–Kier alpha value is -3.61. The number of phenols is 1. The van der Waals surface area contributed by atoms with Gasteiger partial charge in [-0.1, -0.05) is 24.3 Å². The first-order chi connectivity index (χ1) is 13.0. The molecule has 1 unspecified atom stereocenters. The van der Waals surface area contributed by atoms with Crippen molar-refractivity contribution in [2.24, 2.45) is 0 Å². The molecule has 0 fully saturated rings. The molecule has 1 atom stereocenters. The van der Waals surface area contributed by atoms with Gasteiger partial charge in [-0.05, 0) is 49.2 Å². The highest BCUT2D eigenvalue weighted by atomic mass is 16.3. The standard InChI is InChI=1S/C20H19N5O2/c1-12-5-3-7-15(9-12)24-19(27)17-13(2)23-20-21-11-22-25(20)18(17)14-6-4-8-16(26)10-14/h3-11,18,26H,1-2H3,(H,24,27)(H,21,22,23). The number of fused-ring (bicyclic) bond motifs is 1. The lowest BCUT2D eigenvalue weighted by atomic mass is 9.95. The number of aryl methyl sites for hydroxylation is 1. The minimum atomic E-state index is -0.499. The fourth-order valence-electron chi connectivity index (χ4n) is 3.31. The van der Waals surface area contributed by atoms with Gasteiger partial charge in [0.05, 0.1) is 5.57 Å². The summed E-state index contributed by atoms with van der Waals surface area (Å²) in [5, 5.41) is 20.3. The molecule has 0 spiro atoms. The van der Waals surface area contributed by atoms with Crippen molar-refractivity contribution in [1.82, 2.24) is 14.8 Å². The van der Waals surface area contributed by atoms with E-state index in [1.54, 1.807) is 22.9 Å². The maximum Gasteiger partial charge on any atom is 0.255 e.